The van der Waals surface area contributed by atoms with Crippen LogP contribution in [0.15, 0.2) is 24.3 Å². The molecule has 2 aliphatic rings. The van der Waals surface area contributed by atoms with Crippen molar-refractivity contribution in [3.63, 3.8) is 0 Å². The first-order valence-electron chi connectivity index (χ1n) is 8.03. The molecule has 2 atom stereocenters. The third-order valence-electron chi connectivity index (χ3n) is 4.73. The summed E-state index contributed by atoms with van der Waals surface area (Å²) >= 11 is 0. The molecule has 0 bridgehead atoms. The predicted molar refractivity (Wildman–Crippen MR) is 84.1 cm³/mol. The second kappa shape index (κ2) is 6.67. The number of benzene rings is 1. The number of rotatable bonds is 4. The Kier molecular flexibility index (Phi) is 4.64. The zero-order valence-corrected chi connectivity index (χ0v) is 13.0. The molecule has 0 aromatic heterocycles. The maximum atomic E-state index is 11.0. The molecule has 1 aromatic carbocycles. The van der Waals surface area contributed by atoms with Gasteiger partial charge < -0.3 is 20.1 Å². The van der Waals surface area contributed by atoms with Gasteiger partial charge in [0.2, 0.25) is 0 Å². The lowest BCUT2D eigenvalue weighted by Crippen LogP contribution is -2.35. The predicted octanol–water partition coefficient (Wildman–Crippen LogP) is 1.89. The van der Waals surface area contributed by atoms with Crippen LogP contribution in [0.2, 0.25) is 0 Å². The third-order valence-corrected chi connectivity index (χ3v) is 4.73. The Hall–Kier alpha value is -1.59. The zero-order chi connectivity index (χ0) is 15.5. The first kappa shape index (κ1) is 15.3. The highest BCUT2D eigenvalue weighted by molar-refractivity contribution is 5.70. The molecule has 120 valence electrons. The molecule has 5 nitrogen and oxygen atoms in total. The van der Waals surface area contributed by atoms with Gasteiger partial charge in [-0.2, -0.15) is 0 Å². The monoisotopic (exact) mass is 304 g/mol. The minimum atomic E-state index is -0.711. The average Bonchev–Trinajstić information content (AvgIpc) is 3.00. The molecule has 1 aromatic rings. The van der Waals surface area contributed by atoms with Crippen LogP contribution in [0.25, 0.3) is 0 Å². The highest BCUT2D eigenvalue weighted by Crippen LogP contribution is 2.29. The van der Waals surface area contributed by atoms with Gasteiger partial charge in [-0.3, -0.25) is 4.79 Å². The van der Waals surface area contributed by atoms with E-state index < -0.39 is 5.97 Å². The molecule has 0 spiro atoms. The van der Waals surface area contributed by atoms with Gasteiger partial charge in [-0.05, 0) is 44.0 Å². The van der Waals surface area contributed by atoms with Crippen molar-refractivity contribution in [3.8, 4) is 5.75 Å². The van der Waals surface area contributed by atoms with Crippen LogP contribution in [-0.4, -0.2) is 48.8 Å². The van der Waals surface area contributed by atoms with Crippen LogP contribution in [0.1, 0.15) is 30.9 Å². The third kappa shape index (κ3) is 3.59. The quantitative estimate of drug-likeness (QED) is 0.889. The summed E-state index contributed by atoms with van der Waals surface area (Å²) < 4.78 is 6.04. The number of aliphatic carboxylic acids is 1. The lowest BCUT2D eigenvalue weighted by molar-refractivity contribution is -0.141. The molecule has 2 N–H and O–H groups in total. The van der Waals surface area contributed by atoms with E-state index in [1.165, 1.54) is 0 Å². The fourth-order valence-corrected chi connectivity index (χ4v) is 3.25. The maximum Gasteiger partial charge on any atom is 0.307 e. The molecular weight excluding hydrogens is 280 g/mol. The minimum Gasteiger partial charge on any atom is -0.490 e. The van der Waals surface area contributed by atoms with Crippen LogP contribution in [-0.2, 0) is 4.79 Å². The van der Waals surface area contributed by atoms with Crippen LogP contribution in [0, 0.1) is 5.92 Å². The molecule has 0 aliphatic carbocycles. The van der Waals surface area contributed by atoms with Gasteiger partial charge in [-0.25, -0.2) is 0 Å². The molecule has 2 heterocycles. The van der Waals surface area contributed by atoms with E-state index in [0.717, 1.165) is 37.2 Å². The molecule has 2 aliphatic heterocycles. The number of hydrogen-bond acceptors (Lipinski definition) is 4. The zero-order valence-electron chi connectivity index (χ0n) is 13.0. The van der Waals surface area contributed by atoms with Crippen molar-refractivity contribution in [2.45, 2.75) is 31.4 Å². The highest BCUT2D eigenvalue weighted by atomic mass is 16.5. The standard InChI is InChI=1S/C17H24N2O3/c1-19-8-6-15(7-9-19)22-14-4-2-12(3-5-14)16-10-13(11-18-16)17(20)21/h2-5,13,15-16,18H,6-11H2,1H3,(H,20,21). The number of carboxylic acids is 1. The van der Waals surface area contributed by atoms with Crippen molar-refractivity contribution < 1.29 is 14.6 Å². The van der Waals surface area contributed by atoms with Crippen molar-refractivity contribution in [2.24, 2.45) is 5.92 Å². The molecule has 2 unspecified atom stereocenters. The Balaban J connectivity index is 1.55. The molecule has 0 amide bonds. The van der Waals surface area contributed by atoms with Crippen molar-refractivity contribution >= 4 is 5.97 Å². The SMILES string of the molecule is CN1CCC(Oc2ccc(C3CC(C(=O)O)CN3)cc2)CC1. The Morgan fingerprint density at radius 3 is 2.55 bits per heavy atom. The summed E-state index contributed by atoms with van der Waals surface area (Å²) in [5, 5.41) is 12.3. The molecule has 2 saturated heterocycles. The molecule has 0 saturated carbocycles. The van der Waals surface area contributed by atoms with Crippen LogP contribution >= 0.6 is 0 Å². The molecule has 2 fully saturated rings. The summed E-state index contributed by atoms with van der Waals surface area (Å²) in [5.41, 5.74) is 1.14. The lowest BCUT2D eigenvalue weighted by Gasteiger charge is -2.29. The van der Waals surface area contributed by atoms with Gasteiger partial charge in [0, 0.05) is 25.7 Å². The van der Waals surface area contributed by atoms with Gasteiger partial charge in [-0.1, -0.05) is 12.1 Å². The fourth-order valence-electron chi connectivity index (χ4n) is 3.25. The fraction of sp³-hybridized carbons (Fsp3) is 0.588. The van der Waals surface area contributed by atoms with E-state index in [0.29, 0.717) is 19.1 Å². The van der Waals surface area contributed by atoms with Gasteiger partial charge in [0.05, 0.1) is 5.92 Å². The summed E-state index contributed by atoms with van der Waals surface area (Å²) in [6.07, 6.45) is 3.11. The highest BCUT2D eigenvalue weighted by Gasteiger charge is 2.30. The van der Waals surface area contributed by atoms with Crippen LogP contribution in [0.5, 0.6) is 5.75 Å². The topological polar surface area (TPSA) is 61.8 Å². The van der Waals surface area contributed by atoms with E-state index in [-0.39, 0.29) is 12.0 Å². The van der Waals surface area contributed by atoms with E-state index in [1.54, 1.807) is 0 Å². The van der Waals surface area contributed by atoms with Crippen LogP contribution in [0.4, 0.5) is 0 Å². The Labute approximate surface area is 131 Å². The van der Waals surface area contributed by atoms with Gasteiger partial charge in [-0.15, -0.1) is 0 Å². The number of ether oxygens (including phenoxy) is 1. The van der Waals surface area contributed by atoms with E-state index in [2.05, 4.69) is 17.3 Å². The van der Waals surface area contributed by atoms with Gasteiger partial charge in [0.25, 0.3) is 0 Å². The maximum absolute atomic E-state index is 11.0. The minimum absolute atomic E-state index is 0.137. The van der Waals surface area contributed by atoms with Crippen molar-refractivity contribution in [1.29, 1.82) is 0 Å². The summed E-state index contributed by atoms with van der Waals surface area (Å²) in [4.78, 5) is 13.3. The summed E-state index contributed by atoms with van der Waals surface area (Å²) in [6.45, 7) is 2.73. The lowest BCUT2D eigenvalue weighted by atomic mass is 10.00. The molecule has 5 heteroatoms. The van der Waals surface area contributed by atoms with Gasteiger partial charge >= 0.3 is 5.97 Å². The second-order valence-corrected chi connectivity index (χ2v) is 6.42. The summed E-state index contributed by atoms with van der Waals surface area (Å²) in [7, 11) is 2.14. The van der Waals surface area contributed by atoms with Gasteiger partial charge in [0.15, 0.2) is 0 Å². The average molecular weight is 304 g/mol. The summed E-state index contributed by atoms with van der Waals surface area (Å²) in [5.74, 6) is -0.0801. The number of hydrogen-bond donors (Lipinski definition) is 2. The number of carbonyl (C=O) groups is 1. The Morgan fingerprint density at radius 2 is 1.95 bits per heavy atom. The van der Waals surface area contributed by atoms with E-state index in [9.17, 15) is 4.79 Å². The normalized spacial score (nSPS) is 27.0. The number of likely N-dealkylation sites (tertiary alicyclic amines) is 1. The molecular formula is C17H24N2O3. The number of piperidine rings is 1. The van der Waals surface area contributed by atoms with Gasteiger partial charge in [0.1, 0.15) is 11.9 Å². The van der Waals surface area contributed by atoms with Crippen molar-refractivity contribution in [3.05, 3.63) is 29.8 Å². The first-order chi connectivity index (χ1) is 10.6. The second-order valence-electron chi connectivity index (χ2n) is 6.42. The van der Waals surface area contributed by atoms with Crippen LogP contribution in [0.3, 0.4) is 0 Å². The molecule has 3 rings (SSSR count). The number of nitrogens with one attached hydrogen (secondary N) is 1. The summed E-state index contributed by atoms with van der Waals surface area (Å²) in [6, 6.07) is 8.24. The van der Waals surface area contributed by atoms with E-state index in [1.807, 2.05) is 24.3 Å². The van der Waals surface area contributed by atoms with E-state index in [4.69, 9.17) is 9.84 Å². The first-order valence-corrected chi connectivity index (χ1v) is 8.03. The molecule has 0 radical (unpaired) electrons. The number of nitrogens with zero attached hydrogens (tertiary/aromatic N) is 1. The smallest absolute Gasteiger partial charge is 0.307 e. The molecule has 22 heavy (non-hydrogen) atoms. The Morgan fingerprint density at radius 1 is 1.27 bits per heavy atom. The Bertz CT molecular complexity index is 509. The van der Waals surface area contributed by atoms with Crippen molar-refractivity contribution in [1.82, 2.24) is 10.2 Å². The number of carboxylic acid groups (broad SMARTS) is 1. The largest absolute Gasteiger partial charge is 0.490 e. The van der Waals surface area contributed by atoms with E-state index >= 15 is 0 Å². The van der Waals surface area contributed by atoms with Crippen molar-refractivity contribution in [2.75, 3.05) is 26.7 Å². The van der Waals surface area contributed by atoms with Crippen LogP contribution < -0.4 is 10.1 Å².